The maximum absolute atomic E-state index is 12.2. The summed E-state index contributed by atoms with van der Waals surface area (Å²) in [5.41, 5.74) is 4.62. The average Bonchev–Trinajstić information content (AvgIpc) is 3.22. The molecule has 0 atom stereocenters. The van der Waals surface area contributed by atoms with Crippen LogP contribution in [-0.4, -0.2) is 35.2 Å². The molecule has 0 unspecified atom stereocenters. The Morgan fingerprint density at radius 1 is 0.886 bits per heavy atom. The van der Waals surface area contributed by atoms with Gasteiger partial charge in [-0.2, -0.15) is 0 Å². The van der Waals surface area contributed by atoms with Gasteiger partial charge in [0.05, 0.1) is 17.6 Å². The van der Waals surface area contributed by atoms with Gasteiger partial charge in [-0.3, -0.25) is 4.79 Å². The van der Waals surface area contributed by atoms with Crippen LogP contribution >= 0.6 is 0 Å². The zero-order valence-corrected chi connectivity index (χ0v) is 20.5. The van der Waals surface area contributed by atoms with Gasteiger partial charge in [-0.25, -0.2) is 4.98 Å². The molecule has 0 saturated carbocycles. The highest BCUT2D eigenvalue weighted by atomic mass is 16.5. The molecule has 0 fully saturated rings. The largest absolute Gasteiger partial charge is 0.494 e. The van der Waals surface area contributed by atoms with Crippen molar-refractivity contribution < 1.29 is 14.3 Å². The van der Waals surface area contributed by atoms with Crippen LogP contribution in [0.1, 0.15) is 29.8 Å². The van der Waals surface area contributed by atoms with Crippen molar-refractivity contribution in [1.82, 2.24) is 14.9 Å². The molecule has 0 radical (unpaired) electrons. The Hall–Kier alpha value is -3.80. The molecular weight excluding hydrogens is 438 g/mol. The molecule has 1 amide bonds. The van der Waals surface area contributed by atoms with Gasteiger partial charge in [0.2, 0.25) is 0 Å². The third kappa shape index (κ3) is 6.85. The molecule has 1 heterocycles. The second-order valence-electron chi connectivity index (χ2n) is 8.67. The first-order chi connectivity index (χ1) is 17.1. The Balaban J connectivity index is 1.27. The molecule has 0 aliphatic heterocycles. The first-order valence-electron chi connectivity index (χ1n) is 12.2. The second-order valence-corrected chi connectivity index (χ2v) is 8.67. The quantitative estimate of drug-likeness (QED) is 0.287. The summed E-state index contributed by atoms with van der Waals surface area (Å²) in [7, 11) is 0. The third-order valence-corrected chi connectivity index (χ3v) is 6.04. The number of hydrogen-bond donors (Lipinski definition) is 1. The molecule has 6 nitrogen and oxygen atoms in total. The lowest BCUT2D eigenvalue weighted by Gasteiger charge is -2.11. The topological polar surface area (TPSA) is 65.4 Å². The Morgan fingerprint density at radius 3 is 2.51 bits per heavy atom. The van der Waals surface area contributed by atoms with Crippen LogP contribution in [0.5, 0.6) is 11.5 Å². The number of aromatic nitrogens is 2. The van der Waals surface area contributed by atoms with E-state index in [1.54, 1.807) is 0 Å². The van der Waals surface area contributed by atoms with Gasteiger partial charge in [0, 0.05) is 19.5 Å². The number of carbonyl (C=O) groups is 1. The summed E-state index contributed by atoms with van der Waals surface area (Å²) < 4.78 is 13.7. The second kappa shape index (κ2) is 12.1. The minimum Gasteiger partial charge on any atom is -0.494 e. The molecule has 4 rings (SSSR count). The third-order valence-electron chi connectivity index (χ3n) is 6.04. The fraction of sp³-hybridized carbons (Fsp3) is 0.310. The minimum atomic E-state index is -0.139. The average molecular weight is 472 g/mol. The summed E-state index contributed by atoms with van der Waals surface area (Å²) in [6.45, 7) is 6.26. The lowest BCUT2D eigenvalue weighted by atomic mass is 10.1. The van der Waals surface area contributed by atoms with Crippen molar-refractivity contribution in [3.63, 3.8) is 0 Å². The molecule has 0 bridgehead atoms. The van der Waals surface area contributed by atoms with Crippen molar-refractivity contribution in [1.29, 1.82) is 0 Å². The van der Waals surface area contributed by atoms with Crippen molar-refractivity contribution in [2.75, 3.05) is 19.8 Å². The van der Waals surface area contributed by atoms with Crippen LogP contribution in [0.4, 0.5) is 0 Å². The molecule has 6 heteroatoms. The summed E-state index contributed by atoms with van der Waals surface area (Å²) in [5.74, 6) is 2.45. The standard InChI is InChI=1S/C29H33N3O3/c1-22-14-15-25(20-23(22)2)34-19-9-8-18-32-27-13-7-6-12-26(27)31-28(32)16-17-30-29(33)21-35-24-10-4-3-5-11-24/h3-7,10-15,20H,8-9,16-19,21H2,1-2H3,(H,30,33). The van der Waals surface area contributed by atoms with Crippen molar-refractivity contribution in [3.8, 4) is 11.5 Å². The molecule has 35 heavy (non-hydrogen) atoms. The summed E-state index contributed by atoms with van der Waals surface area (Å²) in [4.78, 5) is 17.0. The molecule has 1 aromatic heterocycles. The zero-order chi connectivity index (χ0) is 24.5. The number of benzene rings is 3. The number of imidazole rings is 1. The fourth-order valence-electron chi connectivity index (χ4n) is 3.96. The van der Waals surface area contributed by atoms with Gasteiger partial charge in [-0.1, -0.05) is 36.4 Å². The summed E-state index contributed by atoms with van der Waals surface area (Å²) in [6.07, 6.45) is 2.59. The van der Waals surface area contributed by atoms with Gasteiger partial charge < -0.3 is 19.4 Å². The predicted molar refractivity (Wildman–Crippen MR) is 139 cm³/mol. The molecule has 0 saturated heterocycles. The Labute approximate surface area is 206 Å². The molecular formula is C29H33N3O3. The van der Waals surface area contributed by atoms with Crippen molar-refractivity contribution >= 4 is 16.9 Å². The molecule has 182 valence electrons. The van der Waals surface area contributed by atoms with E-state index in [1.807, 2.05) is 54.6 Å². The SMILES string of the molecule is Cc1ccc(OCCCCn2c(CCNC(=O)COc3ccccc3)nc3ccccc32)cc1C. The van der Waals surface area contributed by atoms with E-state index in [1.165, 1.54) is 11.1 Å². The van der Waals surface area contributed by atoms with Crippen LogP contribution in [0.2, 0.25) is 0 Å². The number of para-hydroxylation sites is 3. The maximum atomic E-state index is 12.2. The van der Waals surface area contributed by atoms with Crippen LogP contribution in [-0.2, 0) is 17.8 Å². The normalized spacial score (nSPS) is 10.9. The Kier molecular flexibility index (Phi) is 8.39. The van der Waals surface area contributed by atoms with Gasteiger partial charge in [-0.15, -0.1) is 0 Å². The number of ether oxygens (including phenoxy) is 2. The van der Waals surface area contributed by atoms with Crippen molar-refractivity contribution in [3.05, 3.63) is 89.7 Å². The van der Waals surface area contributed by atoms with Crippen LogP contribution < -0.4 is 14.8 Å². The minimum absolute atomic E-state index is 0.000929. The number of nitrogens with zero attached hydrogens (tertiary/aromatic N) is 2. The highest BCUT2D eigenvalue weighted by molar-refractivity contribution is 5.77. The van der Waals surface area contributed by atoms with Crippen molar-refractivity contribution in [2.45, 2.75) is 39.7 Å². The zero-order valence-electron chi connectivity index (χ0n) is 20.5. The van der Waals surface area contributed by atoms with E-state index in [9.17, 15) is 4.79 Å². The van der Waals surface area contributed by atoms with Gasteiger partial charge in [0.25, 0.3) is 5.91 Å². The van der Waals surface area contributed by atoms with E-state index in [4.69, 9.17) is 14.5 Å². The van der Waals surface area contributed by atoms with Gasteiger partial charge in [0.1, 0.15) is 17.3 Å². The van der Waals surface area contributed by atoms with Crippen molar-refractivity contribution in [2.24, 2.45) is 0 Å². The van der Waals surface area contributed by atoms with Crippen LogP contribution in [0.3, 0.4) is 0 Å². The first-order valence-corrected chi connectivity index (χ1v) is 12.2. The van der Waals surface area contributed by atoms with E-state index in [0.717, 1.165) is 42.0 Å². The number of hydrogen-bond acceptors (Lipinski definition) is 4. The molecule has 3 aromatic carbocycles. The van der Waals surface area contributed by atoms with E-state index < -0.39 is 0 Å². The molecule has 0 aliphatic carbocycles. The number of carbonyl (C=O) groups excluding carboxylic acids is 1. The molecule has 0 aliphatic rings. The first kappa shape index (κ1) is 24.3. The van der Waals surface area contributed by atoms with Gasteiger partial charge >= 0.3 is 0 Å². The predicted octanol–water partition coefficient (Wildman–Crippen LogP) is 5.25. The van der Waals surface area contributed by atoms with Crippen LogP contribution in [0, 0.1) is 13.8 Å². The summed E-state index contributed by atoms with van der Waals surface area (Å²) >= 11 is 0. The number of unbranched alkanes of at least 4 members (excludes halogenated alkanes) is 1. The number of aryl methyl sites for hydroxylation is 3. The number of fused-ring (bicyclic) bond motifs is 1. The number of rotatable bonds is 12. The lowest BCUT2D eigenvalue weighted by Crippen LogP contribution is -2.31. The fourth-order valence-corrected chi connectivity index (χ4v) is 3.96. The molecule has 0 spiro atoms. The monoisotopic (exact) mass is 471 g/mol. The summed E-state index contributed by atoms with van der Waals surface area (Å²) in [5, 5.41) is 2.94. The van der Waals surface area contributed by atoms with Crippen LogP contribution in [0.15, 0.2) is 72.8 Å². The van der Waals surface area contributed by atoms with E-state index >= 15 is 0 Å². The van der Waals surface area contributed by atoms with Gasteiger partial charge in [0.15, 0.2) is 6.61 Å². The highest BCUT2D eigenvalue weighted by Crippen LogP contribution is 2.19. The van der Waals surface area contributed by atoms with Gasteiger partial charge in [-0.05, 0) is 74.2 Å². The van der Waals surface area contributed by atoms with E-state index in [2.05, 4.69) is 41.9 Å². The lowest BCUT2D eigenvalue weighted by molar-refractivity contribution is -0.123. The Bertz CT molecular complexity index is 1250. The smallest absolute Gasteiger partial charge is 0.257 e. The summed E-state index contributed by atoms with van der Waals surface area (Å²) in [6, 6.07) is 23.7. The Morgan fingerprint density at radius 2 is 1.69 bits per heavy atom. The number of nitrogens with one attached hydrogen (secondary N) is 1. The molecule has 1 N–H and O–H groups in total. The van der Waals surface area contributed by atoms with Crippen LogP contribution in [0.25, 0.3) is 11.0 Å². The number of amides is 1. The van der Waals surface area contributed by atoms with E-state index in [-0.39, 0.29) is 12.5 Å². The molecule has 4 aromatic rings. The maximum Gasteiger partial charge on any atom is 0.257 e. The van der Waals surface area contributed by atoms with E-state index in [0.29, 0.717) is 25.3 Å². The highest BCUT2D eigenvalue weighted by Gasteiger charge is 2.11.